The van der Waals surface area contributed by atoms with E-state index in [1.165, 1.54) is 11.3 Å². The van der Waals surface area contributed by atoms with Gasteiger partial charge in [-0.1, -0.05) is 0 Å². The van der Waals surface area contributed by atoms with Crippen molar-refractivity contribution in [3.05, 3.63) is 39.8 Å². The minimum atomic E-state index is -0.457. The molecule has 0 saturated heterocycles. The minimum Gasteiger partial charge on any atom is -0.408 e. The van der Waals surface area contributed by atoms with Gasteiger partial charge in [-0.3, -0.25) is 4.98 Å². The van der Waals surface area contributed by atoms with Gasteiger partial charge in [0.2, 0.25) is 0 Å². The number of hydrogen-bond donors (Lipinski definition) is 3. The van der Waals surface area contributed by atoms with Crippen molar-refractivity contribution in [2.45, 2.75) is 6.54 Å². The van der Waals surface area contributed by atoms with E-state index in [2.05, 4.69) is 15.3 Å². The van der Waals surface area contributed by atoms with Crippen molar-refractivity contribution >= 4 is 33.3 Å². The number of nitrogens with one attached hydrogen (secondary N) is 2. The Morgan fingerprint density at radius 2 is 2.39 bits per heavy atom. The van der Waals surface area contributed by atoms with Gasteiger partial charge in [0.25, 0.3) is 0 Å². The third-order valence-corrected chi connectivity index (χ3v) is 3.36. The second-order valence-corrected chi connectivity index (χ2v) is 4.80. The van der Waals surface area contributed by atoms with Crippen LogP contribution in [0.4, 0.5) is 10.8 Å². The monoisotopic (exact) mass is 262 g/mol. The van der Waals surface area contributed by atoms with E-state index < -0.39 is 5.76 Å². The summed E-state index contributed by atoms with van der Waals surface area (Å²) in [6.45, 7) is 0.480. The number of nitrogens with two attached hydrogens (primary N) is 1. The molecule has 0 amide bonds. The molecule has 0 aliphatic carbocycles. The topological polar surface area (TPSA) is 96.9 Å². The third-order valence-electron chi connectivity index (χ3n) is 2.42. The Hall–Kier alpha value is -2.12. The number of fused-ring (bicyclic) bond motifs is 1. The maximum Gasteiger partial charge on any atom is 0.417 e. The van der Waals surface area contributed by atoms with Crippen LogP contribution < -0.4 is 16.8 Å². The van der Waals surface area contributed by atoms with Crippen LogP contribution in [0.25, 0.3) is 11.1 Å². The minimum absolute atomic E-state index is 0.457. The maximum atomic E-state index is 11.0. The molecule has 4 N–H and O–H groups in total. The fourth-order valence-electron chi connectivity index (χ4n) is 1.61. The molecule has 0 spiro atoms. The van der Waals surface area contributed by atoms with Gasteiger partial charge in [0.15, 0.2) is 10.7 Å². The van der Waals surface area contributed by atoms with Gasteiger partial charge in [-0.2, -0.15) is 0 Å². The summed E-state index contributed by atoms with van der Waals surface area (Å²) < 4.78 is 4.93. The lowest BCUT2D eigenvalue weighted by molar-refractivity contribution is 0.555. The van der Waals surface area contributed by atoms with Gasteiger partial charge in [-0.25, -0.2) is 9.78 Å². The highest BCUT2D eigenvalue weighted by Gasteiger charge is 2.04. The van der Waals surface area contributed by atoms with Gasteiger partial charge in [0, 0.05) is 23.3 Å². The first-order valence-corrected chi connectivity index (χ1v) is 6.11. The number of anilines is 2. The molecule has 2 aromatic heterocycles. The molecule has 1 aromatic carbocycles. The van der Waals surface area contributed by atoms with E-state index >= 15 is 0 Å². The molecular formula is C11H10N4O2S. The predicted octanol–water partition coefficient (Wildman–Crippen LogP) is 1.78. The number of aromatic nitrogens is 2. The van der Waals surface area contributed by atoms with Gasteiger partial charge in [-0.05, 0) is 18.2 Å². The van der Waals surface area contributed by atoms with E-state index in [1.54, 1.807) is 18.3 Å². The summed E-state index contributed by atoms with van der Waals surface area (Å²) in [6, 6.07) is 5.35. The van der Waals surface area contributed by atoms with E-state index in [1.807, 2.05) is 6.07 Å². The number of hydrogen-bond acceptors (Lipinski definition) is 6. The molecule has 2 heterocycles. The molecular weight excluding hydrogens is 252 g/mol. The second-order valence-electron chi connectivity index (χ2n) is 3.69. The number of oxazole rings is 1. The summed E-state index contributed by atoms with van der Waals surface area (Å²) in [5.41, 5.74) is 7.54. The van der Waals surface area contributed by atoms with Crippen LogP contribution in [0.15, 0.2) is 33.6 Å². The number of H-pyrrole nitrogens is 1. The number of aromatic amines is 1. The molecule has 0 unspecified atom stereocenters. The smallest absolute Gasteiger partial charge is 0.408 e. The van der Waals surface area contributed by atoms with Crippen molar-refractivity contribution in [1.82, 2.24) is 9.97 Å². The van der Waals surface area contributed by atoms with Crippen LogP contribution in [0, 0.1) is 0 Å². The van der Waals surface area contributed by atoms with Crippen molar-refractivity contribution in [3.63, 3.8) is 0 Å². The Morgan fingerprint density at radius 3 is 3.17 bits per heavy atom. The summed E-state index contributed by atoms with van der Waals surface area (Å²) >= 11 is 1.50. The highest BCUT2D eigenvalue weighted by atomic mass is 32.1. The van der Waals surface area contributed by atoms with Gasteiger partial charge < -0.3 is 15.5 Å². The zero-order chi connectivity index (χ0) is 12.5. The van der Waals surface area contributed by atoms with Crippen LogP contribution in [0.5, 0.6) is 0 Å². The number of benzene rings is 1. The lowest BCUT2D eigenvalue weighted by atomic mass is 10.3. The highest BCUT2D eigenvalue weighted by Crippen LogP contribution is 2.24. The normalized spacial score (nSPS) is 10.9. The third kappa shape index (κ3) is 2.01. The van der Waals surface area contributed by atoms with Crippen molar-refractivity contribution in [1.29, 1.82) is 0 Å². The average molecular weight is 262 g/mol. The van der Waals surface area contributed by atoms with Crippen molar-refractivity contribution < 1.29 is 4.42 Å². The van der Waals surface area contributed by atoms with Crippen LogP contribution in [-0.4, -0.2) is 9.97 Å². The first-order valence-electron chi connectivity index (χ1n) is 5.29. The molecule has 0 bridgehead atoms. The maximum absolute atomic E-state index is 11.0. The fraction of sp³-hybridized carbons (Fsp3) is 0.0909. The molecule has 6 nitrogen and oxygen atoms in total. The molecule has 3 rings (SSSR count). The van der Waals surface area contributed by atoms with E-state index in [-0.39, 0.29) is 0 Å². The Morgan fingerprint density at radius 1 is 1.50 bits per heavy atom. The Labute approximate surface area is 105 Å². The summed E-state index contributed by atoms with van der Waals surface area (Å²) in [5.74, 6) is -0.457. The molecule has 7 heteroatoms. The molecule has 0 aliphatic rings. The van der Waals surface area contributed by atoms with Crippen LogP contribution in [0.1, 0.15) is 4.88 Å². The predicted molar refractivity (Wildman–Crippen MR) is 70.1 cm³/mol. The average Bonchev–Trinajstić information content (AvgIpc) is 2.94. The molecule has 92 valence electrons. The van der Waals surface area contributed by atoms with E-state index in [9.17, 15) is 4.79 Å². The van der Waals surface area contributed by atoms with Gasteiger partial charge >= 0.3 is 5.76 Å². The standard InChI is InChI=1S/C11H10N4O2S/c12-4-7-5-13-10(18-7)14-6-1-2-9-8(3-6)15-11(16)17-9/h1-3,5H,4,12H2,(H,13,14)(H,15,16). The lowest BCUT2D eigenvalue weighted by Crippen LogP contribution is -1.93. The van der Waals surface area contributed by atoms with Crippen LogP contribution >= 0.6 is 11.3 Å². The molecule has 18 heavy (non-hydrogen) atoms. The lowest BCUT2D eigenvalue weighted by Gasteiger charge is -2.01. The van der Waals surface area contributed by atoms with Crippen molar-refractivity contribution in [2.75, 3.05) is 5.32 Å². The van der Waals surface area contributed by atoms with E-state index in [4.69, 9.17) is 10.2 Å². The molecule has 0 atom stereocenters. The number of rotatable bonds is 3. The molecule has 0 saturated carbocycles. The largest absolute Gasteiger partial charge is 0.417 e. The van der Waals surface area contributed by atoms with E-state index in [0.29, 0.717) is 17.6 Å². The summed E-state index contributed by atoms with van der Waals surface area (Å²) in [4.78, 5) is 18.8. The van der Waals surface area contributed by atoms with Crippen LogP contribution in [0.3, 0.4) is 0 Å². The van der Waals surface area contributed by atoms with Crippen LogP contribution in [-0.2, 0) is 6.54 Å². The second kappa shape index (κ2) is 4.28. The fourth-order valence-corrected chi connectivity index (χ4v) is 2.32. The Balaban J connectivity index is 1.91. The summed E-state index contributed by atoms with van der Waals surface area (Å²) in [5, 5.41) is 3.91. The molecule has 0 aliphatic heterocycles. The zero-order valence-corrected chi connectivity index (χ0v) is 10.1. The SMILES string of the molecule is NCc1cnc(Nc2ccc3oc(=O)[nH]c3c2)s1. The summed E-state index contributed by atoms with van der Waals surface area (Å²) in [6.07, 6.45) is 1.74. The Bertz CT molecular complexity index is 743. The molecule has 3 aromatic rings. The van der Waals surface area contributed by atoms with Crippen molar-refractivity contribution in [2.24, 2.45) is 5.73 Å². The van der Waals surface area contributed by atoms with Gasteiger partial charge in [0.05, 0.1) is 5.52 Å². The quantitative estimate of drug-likeness (QED) is 0.668. The highest BCUT2D eigenvalue weighted by molar-refractivity contribution is 7.15. The Kier molecular flexibility index (Phi) is 2.62. The van der Waals surface area contributed by atoms with Crippen molar-refractivity contribution in [3.8, 4) is 0 Å². The van der Waals surface area contributed by atoms with Crippen LogP contribution in [0.2, 0.25) is 0 Å². The zero-order valence-electron chi connectivity index (χ0n) is 9.27. The molecule has 0 fully saturated rings. The van der Waals surface area contributed by atoms with Gasteiger partial charge in [-0.15, -0.1) is 11.3 Å². The number of nitrogens with zero attached hydrogens (tertiary/aromatic N) is 1. The first-order chi connectivity index (χ1) is 8.74. The van der Waals surface area contributed by atoms with Gasteiger partial charge in [0.1, 0.15) is 0 Å². The first kappa shape index (κ1) is 11.0. The molecule has 0 radical (unpaired) electrons. The van der Waals surface area contributed by atoms with E-state index in [0.717, 1.165) is 15.7 Å². The number of thiazole rings is 1. The summed E-state index contributed by atoms with van der Waals surface area (Å²) in [7, 11) is 0.